The predicted molar refractivity (Wildman–Crippen MR) is 69.3 cm³/mol. The molecule has 1 unspecified atom stereocenters. The van der Waals surface area contributed by atoms with Crippen molar-refractivity contribution in [3.05, 3.63) is 41.5 Å². The first-order chi connectivity index (χ1) is 8.17. The van der Waals surface area contributed by atoms with E-state index in [1.54, 1.807) is 0 Å². The Morgan fingerprint density at radius 3 is 2.94 bits per heavy atom. The molecule has 1 heterocycles. The lowest BCUT2D eigenvalue weighted by Gasteiger charge is -2.07. The first-order valence-corrected chi connectivity index (χ1v) is 5.89. The Bertz CT molecular complexity index is 446. The molecule has 0 aliphatic heterocycles. The minimum Gasteiger partial charge on any atom is -0.346 e. The molecule has 0 saturated carbocycles. The van der Waals surface area contributed by atoms with Gasteiger partial charge in [-0.2, -0.15) is 5.26 Å². The summed E-state index contributed by atoms with van der Waals surface area (Å²) in [6, 6.07) is 2.29. The fourth-order valence-electron chi connectivity index (χ4n) is 1.62. The molecule has 0 aliphatic rings. The Hall–Kier alpha value is -1.82. The number of nitriles is 1. The van der Waals surface area contributed by atoms with Crippen molar-refractivity contribution in [3.8, 4) is 6.07 Å². The van der Waals surface area contributed by atoms with E-state index in [9.17, 15) is 0 Å². The fraction of sp³-hybridized carbons (Fsp3) is 0.429. The molecule has 1 aromatic rings. The van der Waals surface area contributed by atoms with Crippen LogP contribution in [-0.4, -0.2) is 9.97 Å². The van der Waals surface area contributed by atoms with Gasteiger partial charge in [0, 0.05) is 11.9 Å². The molecule has 0 fully saturated rings. The summed E-state index contributed by atoms with van der Waals surface area (Å²) in [5, 5.41) is 8.97. The number of allylic oxidation sites excluding steroid dienone is 4. The molecule has 0 bridgehead atoms. The zero-order valence-corrected chi connectivity index (χ0v) is 10.7. The van der Waals surface area contributed by atoms with Crippen molar-refractivity contribution in [2.45, 2.75) is 33.6 Å². The zero-order chi connectivity index (χ0) is 12.7. The molecule has 1 aromatic heterocycles. The maximum Gasteiger partial charge on any atom is 0.103 e. The van der Waals surface area contributed by atoms with Crippen LogP contribution in [0, 0.1) is 24.2 Å². The Morgan fingerprint density at radius 2 is 2.41 bits per heavy atom. The number of rotatable bonds is 5. The number of imidazole rings is 1. The summed E-state index contributed by atoms with van der Waals surface area (Å²) < 4.78 is 0. The molecule has 3 nitrogen and oxygen atoms in total. The smallest absolute Gasteiger partial charge is 0.103 e. The number of nitrogens with zero attached hydrogens (tertiary/aromatic N) is 2. The minimum absolute atomic E-state index is 0.0322. The van der Waals surface area contributed by atoms with Gasteiger partial charge < -0.3 is 4.98 Å². The number of H-pyrrole nitrogens is 1. The Balaban J connectivity index is 2.65. The maximum absolute atomic E-state index is 8.97. The lowest BCUT2D eigenvalue weighted by molar-refractivity contribution is 0.775. The van der Waals surface area contributed by atoms with Crippen LogP contribution in [0.15, 0.2) is 30.0 Å². The third-order valence-corrected chi connectivity index (χ3v) is 2.69. The molecule has 0 spiro atoms. The summed E-state index contributed by atoms with van der Waals surface area (Å²) >= 11 is 0. The van der Waals surface area contributed by atoms with Crippen molar-refractivity contribution in [2.75, 3.05) is 0 Å². The molecule has 1 rings (SSSR count). The van der Waals surface area contributed by atoms with Crippen LogP contribution < -0.4 is 0 Å². The monoisotopic (exact) mass is 229 g/mol. The van der Waals surface area contributed by atoms with Gasteiger partial charge in [-0.05, 0) is 33.6 Å². The highest BCUT2D eigenvalue weighted by molar-refractivity contribution is 5.20. The van der Waals surface area contributed by atoms with E-state index in [4.69, 9.17) is 5.26 Å². The molecular weight excluding hydrogens is 210 g/mol. The highest BCUT2D eigenvalue weighted by atomic mass is 14.9. The normalized spacial score (nSPS) is 13.9. The number of nitrogens with one attached hydrogen (secondary N) is 1. The van der Waals surface area contributed by atoms with Crippen molar-refractivity contribution >= 4 is 0 Å². The second kappa shape index (κ2) is 6.70. The second-order valence-electron chi connectivity index (χ2n) is 4.11. The minimum atomic E-state index is -0.0322. The van der Waals surface area contributed by atoms with Crippen LogP contribution in [0.25, 0.3) is 0 Å². The summed E-state index contributed by atoms with van der Waals surface area (Å²) in [6.07, 6.45) is 9.65. The van der Waals surface area contributed by atoms with Crippen LogP contribution in [-0.2, 0) is 6.42 Å². The fourth-order valence-corrected chi connectivity index (χ4v) is 1.62. The Morgan fingerprint density at radius 1 is 1.65 bits per heavy atom. The van der Waals surface area contributed by atoms with Gasteiger partial charge in [0.25, 0.3) is 0 Å². The highest BCUT2D eigenvalue weighted by Crippen LogP contribution is 2.16. The van der Waals surface area contributed by atoms with Crippen LogP contribution >= 0.6 is 0 Å². The van der Waals surface area contributed by atoms with Gasteiger partial charge in [-0.25, -0.2) is 4.98 Å². The highest BCUT2D eigenvalue weighted by Gasteiger charge is 2.07. The van der Waals surface area contributed by atoms with E-state index in [1.165, 1.54) is 0 Å². The summed E-state index contributed by atoms with van der Waals surface area (Å²) in [5.74, 6) is 0.905. The predicted octanol–water partition coefficient (Wildman–Crippen LogP) is 3.31. The van der Waals surface area contributed by atoms with Gasteiger partial charge in [0.15, 0.2) is 0 Å². The van der Waals surface area contributed by atoms with E-state index in [1.807, 2.05) is 45.2 Å². The Kier molecular flexibility index (Phi) is 5.22. The van der Waals surface area contributed by atoms with E-state index >= 15 is 0 Å². The molecule has 17 heavy (non-hydrogen) atoms. The van der Waals surface area contributed by atoms with E-state index in [0.717, 1.165) is 29.9 Å². The van der Waals surface area contributed by atoms with Crippen molar-refractivity contribution < 1.29 is 0 Å². The molecular formula is C14H19N3. The summed E-state index contributed by atoms with van der Waals surface area (Å²) in [6.45, 7) is 5.86. The quantitative estimate of drug-likeness (QED) is 0.787. The van der Waals surface area contributed by atoms with Crippen molar-refractivity contribution in [1.29, 1.82) is 5.26 Å². The molecule has 3 heteroatoms. The lowest BCUT2D eigenvalue weighted by Crippen LogP contribution is -1.98. The third-order valence-electron chi connectivity index (χ3n) is 2.69. The van der Waals surface area contributed by atoms with Crippen LogP contribution in [0.5, 0.6) is 0 Å². The molecule has 1 atom stereocenters. The second-order valence-corrected chi connectivity index (χ2v) is 4.11. The third kappa shape index (κ3) is 4.28. The topological polar surface area (TPSA) is 52.5 Å². The van der Waals surface area contributed by atoms with Crippen LogP contribution in [0.3, 0.4) is 0 Å². The summed E-state index contributed by atoms with van der Waals surface area (Å²) in [7, 11) is 0. The van der Waals surface area contributed by atoms with Gasteiger partial charge in [0.05, 0.1) is 12.0 Å². The van der Waals surface area contributed by atoms with Gasteiger partial charge in [0.1, 0.15) is 5.82 Å². The van der Waals surface area contributed by atoms with Gasteiger partial charge >= 0.3 is 0 Å². The molecule has 0 aliphatic carbocycles. The molecule has 0 radical (unpaired) electrons. The Labute approximate surface area is 103 Å². The first-order valence-electron chi connectivity index (χ1n) is 5.89. The van der Waals surface area contributed by atoms with Gasteiger partial charge in [-0.3, -0.25) is 0 Å². The SMILES string of the molecule is CC=C/C=C(/CCc1cnc(C)[nH]1)C(C)C#N. The number of hydrogen-bond acceptors (Lipinski definition) is 2. The first kappa shape index (κ1) is 13.2. The number of aromatic amines is 1. The van der Waals surface area contributed by atoms with Crippen LogP contribution in [0.4, 0.5) is 0 Å². The molecule has 0 aromatic carbocycles. The summed E-state index contributed by atoms with van der Waals surface area (Å²) in [5.41, 5.74) is 2.29. The van der Waals surface area contributed by atoms with Gasteiger partial charge in [-0.1, -0.05) is 23.8 Å². The summed E-state index contributed by atoms with van der Waals surface area (Å²) in [4.78, 5) is 7.37. The van der Waals surface area contributed by atoms with Crippen LogP contribution in [0.2, 0.25) is 0 Å². The average Bonchev–Trinajstić information content (AvgIpc) is 2.74. The van der Waals surface area contributed by atoms with E-state index in [2.05, 4.69) is 16.0 Å². The lowest BCUT2D eigenvalue weighted by atomic mass is 9.97. The molecule has 0 amide bonds. The molecule has 90 valence electrons. The van der Waals surface area contributed by atoms with Crippen molar-refractivity contribution in [2.24, 2.45) is 5.92 Å². The average molecular weight is 229 g/mol. The van der Waals surface area contributed by atoms with Crippen molar-refractivity contribution in [1.82, 2.24) is 9.97 Å². The van der Waals surface area contributed by atoms with Crippen LogP contribution in [0.1, 0.15) is 31.8 Å². The zero-order valence-electron chi connectivity index (χ0n) is 10.7. The number of aryl methyl sites for hydroxylation is 2. The number of hydrogen-bond donors (Lipinski definition) is 1. The maximum atomic E-state index is 8.97. The van der Waals surface area contributed by atoms with Gasteiger partial charge in [-0.15, -0.1) is 0 Å². The van der Waals surface area contributed by atoms with Crippen molar-refractivity contribution in [3.63, 3.8) is 0 Å². The number of aromatic nitrogens is 2. The van der Waals surface area contributed by atoms with E-state index < -0.39 is 0 Å². The van der Waals surface area contributed by atoms with Gasteiger partial charge in [0.2, 0.25) is 0 Å². The standard InChI is InChI=1S/C14H19N3/c1-4-5-6-13(11(2)9-15)7-8-14-10-16-12(3)17-14/h4-6,10-11H,7-8H2,1-3H3,(H,16,17)/b5-4?,13-6-. The largest absolute Gasteiger partial charge is 0.346 e. The van der Waals surface area contributed by atoms with E-state index in [0.29, 0.717) is 0 Å². The molecule has 1 N–H and O–H groups in total. The molecule has 0 saturated heterocycles. The van der Waals surface area contributed by atoms with E-state index in [-0.39, 0.29) is 5.92 Å².